The Labute approximate surface area is 123 Å². The fourth-order valence-electron chi connectivity index (χ4n) is 1.25. The van der Waals surface area contributed by atoms with Crippen molar-refractivity contribution in [3.05, 3.63) is 11.5 Å². The Bertz CT molecular complexity index is 435. The summed E-state index contributed by atoms with van der Waals surface area (Å²) in [5.74, 6) is -3.19. The average molecular weight is 296 g/mol. The average Bonchev–Trinajstić information content (AvgIpc) is 2.39. The molecule has 2 radical (unpaired) electrons. The highest BCUT2D eigenvalue weighted by Gasteiger charge is 2.06. The van der Waals surface area contributed by atoms with Crippen LogP contribution in [0, 0.1) is 0 Å². The standard InChI is InChI=1S/C12H17BN2O6/c13-8(12(21)15-6-2-4-11(19)20)7-9(16)14-5-1-3-10(17)18/h7H,1-6H2,(H,14,16)(H,15,21)(H,17,18)(H,19,20)/b8-7-. The number of amides is 2. The van der Waals surface area contributed by atoms with Crippen molar-refractivity contribution in [2.24, 2.45) is 0 Å². The van der Waals surface area contributed by atoms with Gasteiger partial charge in [-0.25, -0.2) is 0 Å². The highest BCUT2D eigenvalue weighted by Crippen LogP contribution is 1.92. The molecule has 0 saturated heterocycles. The quantitative estimate of drug-likeness (QED) is 0.232. The van der Waals surface area contributed by atoms with E-state index in [9.17, 15) is 19.2 Å². The van der Waals surface area contributed by atoms with Crippen LogP contribution in [-0.4, -0.2) is 54.9 Å². The van der Waals surface area contributed by atoms with Crippen LogP contribution in [0.15, 0.2) is 11.5 Å². The van der Waals surface area contributed by atoms with E-state index in [2.05, 4.69) is 10.6 Å². The molecule has 0 bridgehead atoms. The van der Waals surface area contributed by atoms with Gasteiger partial charge >= 0.3 is 11.9 Å². The molecule has 0 aliphatic heterocycles. The van der Waals surface area contributed by atoms with Crippen LogP contribution in [-0.2, 0) is 19.2 Å². The highest BCUT2D eigenvalue weighted by molar-refractivity contribution is 6.37. The van der Waals surface area contributed by atoms with Crippen LogP contribution in [0.3, 0.4) is 0 Å². The molecule has 4 N–H and O–H groups in total. The van der Waals surface area contributed by atoms with E-state index in [0.29, 0.717) is 0 Å². The molecular formula is C12H17BN2O6. The molecule has 0 rings (SSSR count). The van der Waals surface area contributed by atoms with Gasteiger partial charge in [-0.05, 0) is 18.3 Å². The molecule has 0 atom stereocenters. The number of nitrogens with one attached hydrogen (secondary N) is 2. The second kappa shape index (κ2) is 10.5. The monoisotopic (exact) mass is 296 g/mol. The van der Waals surface area contributed by atoms with Gasteiger partial charge in [0.25, 0.3) is 0 Å². The Morgan fingerprint density at radius 3 is 1.86 bits per heavy atom. The van der Waals surface area contributed by atoms with Crippen molar-refractivity contribution in [1.29, 1.82) is 0 Å². The van der Waals surface area contributed by atoms with Crippen LogP contribution in [0.5, 0.6) is 0 Å². The summed E-state index contributed by atoms with van der Waals surface area (Å²) in [4.78, 5) is 43.3. The molecule has 0 aliphatic rings. The number of carbonyl (C=O) groups excluding carboxylic acids is 2. The Morgan fingerprint density at radius 1 is 0.905 bits per heavy atom. The Kier molecular flexibility index (Phi) is 9.32. The molecule has 21 heavy (non-hydrogen) atoms. The molecule has 9 heteroatoms. The zero-order valence-electron chi connectivity index (χ0n) is 11.4. The number of carbonyl (C=O) groups is 4. The second-order valence-electron chi connectivity index (χ2n) is 4.14. The molecule has 0 heterocycles. The van der Waals surface area contributed by atoms with Gasteiger partial charge in [-0.1, -0.05) is 0 Å². The van der Waals surface area contributed by atoms with E-state index in [1.165, 1.54) is 0 Å². The number of carboxylic acid groups (broad SMARTS) is 2. The van der Waals surface area contributed by atoms with Crippen LogP contribution in [0.1, 0.15) is 25.7 Å². The van der Waals surface area contributed by atoms with Crippen LogP contribution >= 0.6 is 0 Å². The van der Waals surface area contributed by atoms with Gasteiger partial charge in [-0.3, -0.25) is 19.2 Å². The van der Waals surface area contributed by atoms with Crippen molar-refractivity contribution in [3.63, 3.8) is 0 Å². The van der Waals surface area contributed by atoms with Gasteiger partial charge in [0.2, 0.25) is 11.8 Å². The van der Waals surface area contributed by atoms with Crippen molar-refractivity contribution in [2.75, 3.05) is 13.1 Å². The molecule has 0 aromatic heterocycles. The third-order valence-corrected chi connectivity index (χ3v) is 2.27. The minimum atomic E-state index is -0.964. The van der Waals surface area contributed by atoms with Crippen LogP contribution < -0.4 is 10.6 Å². The zero-order chi connectivity index (χ0) is 16.3. The molecule has 2 amide bonds. The first-order chi connectivity index (χ1) is 9.82. The van der Waals surface area contributed by atoms with Gasteiger partial charge in [0.1, 0.15) is 7.85 Å². The lowest BCUT2D eigenvalue weighted by molar-refractivity contribution is -0.138. The maximum atomic E-state index is 11.4. The van der Waals surface area contributed by atoms with Gasteiger partial charge in [0.05, 0.1) is 0 Å². The lowest BCUT2D eigenvalue weighted by Crippen LogP contribution is -2.29. The normalized spacial score (nSPS) is 10.8. The maximum absolute atomic E-state index is 11.4. The van der Waals surface area contributed by atoms with Crippen LogP contribution in [0.25, 0.3) is 0 Å². The van der Waals surface area contributed by atoms with Gasteiger partial charge in [-0.2, -0.15) is 0 Å². The topological polar surface area (TPSA) is 133 Å². The summed E-state index contributed by atoms with van der Waals surface area (Å²) >= 11 is 0. The van der Waals surface area contributed by atoms with E-state index in [-0.39, 0.29) is 44.2 Å². The van der Waals surface area contributed by atoms with Crippen molar-refractivity contribution >= 4 is 31.6 Å². The first-order valence-electron chi connectivity index (χ1n) is 6.29. The molecule has 8 nitrogen and oxygen atoms in total. The highest BCUT2D eigenvalue weighted by atomic mass is 16.4. The molecule has 0 fully saturated rings. The van der Waals surface area contributed by atoms with Crippen molar-refractivity contribution < 1.29 is 29.4 Å². The number of carboxylic acids is 2. The molecule has 0 spiro atoms. The Morgan fingerprint density at radius 2 is 1.38 bits per heavy atom. The van der Waals surface area contributed by atoms with E-state index >= 15 is 0 Å². The number of hydrogen-bond donors (Lipinski definition) is 4. The first kappa shape index (κ1) is 18.7. The minimum Gasteiger partial charge on any atom is -0.481 e. The maximum Gasteiger partial charge on any atom is 0.303 e. The van der Waals surface area contributed by atoms with Gasteiger partial charge < -0.3 is 20.8 Å². The molecule has 0 aliphatic carbocycles. The molecule has 0 aromatic carbocycles. The van der Waals surface area contributed by atoms with Crippen molar-refractivity contribution in [2.45, 2.75) is 25.7 Å². The molecule has 0 unspecified atom stereocenters. The van der Waals surface area contributed by atoms with Gasteiger partial charge in [-0.15, -0.1) is 0 Å². The Hall–Kier alpha value is -2.32. The summed E-state index contributed by atoms with van der Waals surface area (Å²) in [7, 11) is 5.39. The number of aliphatic carboxylic acids is 2. The van der Waals surface area contributed by atoms with E-state index in [0.717, 1.165) is 6.08 Å². The largest absolute Gasteiger partial charge is 0.481 e. The fourth-order valence-corrected chi connectivity index (χ4v) is 1.25. The van der Waals surface area contributed by atoms with E-state index < -0.39 is 23.8 Å². The van der Waals surface area contributed by atoms with Crippen LogP contribution in [0.4, 0.5) is 0 Å². The smallest absolute Gasteiger partial charge is 0.303 e. The summed E-state index contributed by atoms with van der Waals surface area (Å²) in [5.41, 5.74) is -0.305. The van der Waals surface area contributed by atoms with E-state index in [4.69, 9.17) is 18.1 Å². The van der Waals surface area contributed by atoms with E-state index in [1.807, 2.05) is 0 Å². The van der Waals surface area contributed by atoms with Crippen molar-refractivity contribution in [1.82, 2.24) is 10.6 Å². The predicted octanol–water partition coefficient (Wildman–Crippen LogP) is -0.999. The SMILES string of the molecule is [B]/C(=C\C(=O)NCCCC(=O)O)C(=O)NCCCC(=O)O. The molecule has 0 aromatic rings. The Balaban J connectivity index is 3.97. The van der Waals surface area contributed by atoms with Gasteiger partial charge in [0, 0.05) is 32.0 Å². The molecule has 0 saturated carbocycles. The van der Waals surface area contributed by atoms with Crippen molar-refractivity contribution in [3.8, 4) is 0 Å². The summed E-state index contributed by atoms with van der Waals surface area (Å²) in [6, 6.07) is 0. The van der Waals surface area contributed by atoms with Gasteiger partial charge in [0.15, 0.2) is 0 Å². The van der Waals surface area contributed by atoms with E-state index in [1.54, 1.807) is 0 Å². The lowest BCUT2D eigenvalue weighted by Gasteiger charge is -2.05. The minimum absolute atomic E-state index is 0.0659. The third-order valence-electron chi connectivity index (χ3n) is 2.27. The number of rotatable bonds is 10. The third kappa shape index (κ3) is 11.2. The summed E-state index contributed by atoms with van der Waals surface area (Å²) in [6.07, 6.45) is 1.29. The molecular weight excluding hydrogens is 279 g/mol. The first-order valence-corrected chi connectivity index (χ1v) is 6.29. The number of hydrogen-bond acceptors (Lipinski definition) is 4. The zero-order valence-corrected chi connectivity index (χ0v) is 11.4. The molecule has 114 valence electrons. The predicted molar refractivity (Wildman–Crippen MR) is 73.6 cm³/mol. The summed E-state index contributed by atoms with van der Waals surface area (Å²) in [6.45, 7) is 0.301. The lowest BCUT2D eigenvalue weighted by atomic mass is 9.94. The summed E-state index contributed by atoms with van der Waals surface area (Å²) in [5, 5.41) is 21.6. The summed E-state index contributed by atoms with van der Waals surface area (Å²) < 4.78 is 0. The van der Waals surface area contributed by atoms with Crippen LogP contribution in [0.2, 0.25) is 0 Å². The fraction of sp³-hybridized carbons (Fsp3) is 0.500. The second-order valence-corrected chi connectivity index (χ2v) is 4.14.